The van der Waals surface area contributed by atoms with Crippen molar-refractivity contribution in [3.63, 3.8) is 0 Å². The second-order valence-corrected chi connectivity index (χ2v) is 9.30. The summed E-state index contributed by atoms with van der Waals surface area (Å²) in [4.78, 5) is 12.8. The van der Waals surface area contributed by atoms with Crippen molar-refractivity contribution in [2.24, 2.45) is 0 Å². The van der Waals surface area contributed by atoms with Gasteiger partial charge in [0.25, 0.3) is 0 Å². The van der Waals surface area contributed by atoms with Gasteiger partial charge in [0.05, 0.1) is 5.25 Å². The van der Waals surface area contributed by atoms with Gasteiger partial charge in [0.2, 0.25) is 5.91 Å². The molecule has 0 fully saturated rings. The molecule has 1 aromatic heterocycles. The van der Waals surface area contributed by atoms with Crippen molar-refractivity contribution in [1.82, 2.24) is 14.8 Å². The Balaban J connectivity index is 1.41. The summed E-state index contributed by atoms with van der Waals surface area (Å²) in [5.41, 5.74) is 4.72. The number of hydrogen-bond donors (Lipinski definition) is 1. The standard InChI is InChI=1S/C25H28N4O2S/c1-4-13-29-23(16-31-22-10-5-7-17(2)14-22)27-28-25(29)32-18(3)24(30)26-21-12-11-19-8-6-9-20(19)15-21/h4-5,7,10-12,14-15,18H,1,6,8-9,13,16H2,2-3H3,(H,26,30). The number of nitrogens with one attached hydrogen (secondary N) is 1. The van der Waals surface area contributed by atoms with Crippen LogP contribution in [0.2, 0.25) is 0 Å². The largest absolute Gasteiger partial charge is 0.486 e. The summed E-state index contributed by atoms with van der Waals surface area (Å²) in [7, 11) is 0. The van der Waals surface area contributed by atoms with Crippen molar-refractivity contribution < 1.29 is 9.53 Å². The number of ether oxygens (including phenoxy) is 1. The van der Waals surface area contributed by atoms with Gasteiger partial charge >= 0.3 is 0 Å². The van der Waals surface area contributed by atoms with Crippen LogP contribution in [0.3, 0.4) is 0 Å². The summed E-state index contributed by atoms with van der Waals surface area (Å²) in [6.07, 6.45) is 5.19. The number of aromatic nitrogens is 3. The Morgan fingerprint density at radius 1 is 1.25 bits per heavy atom. The average molecular weight is 449 g/mol. The first kappa shape index (κ1) is 22.1. The normalized spacial score (nSPS) is 13.4. The highest BCUT2D eigenvalue weighted by Gasteiger charge is 2.21. The number of carbonyl (C=O) groups excluding carboxylic acids is 1. The molecule has 2 aromatic carbocycles. The van der Waals surface area contributed by atoms with Crippen LogP contribution in [0.25, 0.3) is 0 Å². The minimum Gasteiger partial charge on any atom is -0.486 e. The van der Waals surface area contributed by atoms with E-state index < -0.39 is 0 Å². The van der Waals surface area contributed by atoms with E-state index in [0.29, 0.717) is 24.1 Å². The lowest BCUT2D eigenvalue weighted by molar-refractivity contribution is -0.115. The van der Waals surface area contributed by atoms with Gasteiger partial charge in [-0.15, -0.1) is 16.8 Å². The third-order valence-electron chi connectivity index (χ3n) is 5.48. The molecule has 1 aliphatic carbocycles. The van der Waals surface area contributed by atoms with Crippen molar-refractivity contribution in [3.05, 3.63) is 77.6 Å². The summed E-state index contributed by atoms with van der Waals surface area (Å²) in [6.45, 7) is 8.58. The molecule has 4 rings (SSSR count). The molecule has 1 aliphatic rings. The molecule has 0 saturated heterocycles. The molecule has 0 spiro atoms. The van der Waals surface area contributed by atoms with Gasteiger partial charge < -0.3 is 10.1 Å². The van der Waals surface area contributed by atoms with Crippen LogP contribution >= 0.6 is 11.8 Å². The molecule has 1 unspecified atom stereocenters. The molecule has 1 N–H and O–H groups in total. The minimum absolute atomic E-state index is 0.0568. The number of carbonyl (C=O) groups is 1. The second-order valence-electron chi connectivity index (χ2n) is 7.99. The topological polar surface area (TPSA) is 69.0 Å². The molecule has 1 heterocycles. The Hall–Kier alpha value is -3.06. The molecule has 166 valence electrons. The van der Waals surface area contributed by atoms with Crippen LogP contribution in [0.1, 0.15) is 35.9 Å². The molecule has 1 amide bonds. The van der Waals surface area contributed by atoms with Crippen molar-refractivity contribution in [3.8, 4) is 5.75 Å². The molecule has 6 nitrogen and oxygen atoms in total. The van der Waals surface area contributed by atoms with Crippen LogP contribution in [0.15, 0.2) is 60.3 Å². The fourth-order valence-electron chi connectivity index (χ4n) is 3.78. The van der Waals surface area contributed by atoms with E-state index in [1.54, 1.807) is 6.08 Å². The Morgan fingerprint density at radius 3 is 2.91 bits per heavy atom. The van der Waals surface area contributed by atoms with Gasteiger partial charge in [-0.05, 0) is 74.1 Å². The number of amides is 1. The number of rotatable bonds is 9. The maximum absolute atomic E-state index is 12.8. The van der Waals surface area contributed by atoms with Gasteiger partial charge in [-0.3, -0.25) is 9.36 Å². The van der Waals surface area contributed by atoms with Crippen LogP contribution < -0.4 is 10.1 Å². The first-order valence-electron chi connectivity index (χ1n) is 10.8. The predicted octanol–water partition coefficient (Wildman–Crippen LogP) is 4.96. The van der Waals surface area contributed by atoms with E-state index in [1.807, 2.05) is 48.7 Å². The Morgan fingerprint density at radius 2 is 2.09 bits per heavy atom. The lowest BCUT2D eigenvalue weighted by Crippen LogP contribution is -2.23. The highest BCUT2D eigenvalue weighted by molar-refractivity contribution is 8.00. The van der Waals surface area contributed by atoms with Gasteiger partial charge in [-0.25, -0.2) is 0 Å². The van der Waals surface area contributed by atoms with Gasteiger partial charge in [0, 0.05) is 12.2 Å². The maximum atomic E-state index is 12.8. The van der Waals surface area contributed by atoms with Gasteiger partial charge in [-0.1, -0.05) is 36.0 Å². The third kappa shape index (κ3) is 5.22. The first-order chi connectivity index (χ1) is 15.5. The summed E-state index contributed by atoms with van der Waals surface area (Å²) in [5.74, 6) is 1.42. The number of anilines is 1. The van der Waals surface area contributed by atoms with Crippen LogP contribution in [-0.4, -0.2) is 25.9 Å². The van der Waals surface area contributed by atoms with Crippen LogP contribution in [-0.2, 0) is 30.8 Å². The van der Waals surface area contributed by atoms with E-state index in [0.717, 1.165) is 29.8 Å². The molecule has 0 aliphatic heterocycles. The minimum atomic E-state index is -0.332. The van der Waals surface area contributed by atoms with Crippen molar-refractivity contribution >= 4 is 23.4 Å². The average Bonchev–Trinajstić information content (AvgIpc) is 3.39. The molecular weight excluding hydrogens is 420 g/mol. The highest BCUT2D eigenvalue weighted by atomic mass is 32.2. The highest BCUT2D eigenvalue weighted by Crippen LogP contribution is 2.27. The summed E-state index contributed by atoms with van der Waals surface area (Å²) in [6, 6.07) is 14.1. The van der Waals surface area contributed by atoms with Crippen molar-refractivity contribution in [2.75, 3.05) is 5.32 Å². The summed E-state index contributed by atoms with van der Waals surface area (Å²) >= 11 is 1.38. The fourth-order valence-corrected chi connectivity index (χ4v) is 4.66. The molecule has 0 bridgehead atoms. The Bertz CT molecular complexity index is 1120. The van der Waals surface area contributed by atoms with Crippen molar-refractivity contribution in [2.45, 2.75) is 56.7 Å². The quantitative estimate of drug-likeness (QED) is 0.370. The van der Waals surface area contributed by atoms with E-state index >= 15 is 0 Å². The fraction of sp³-hybridized carbons (Fsp3) is 0.320. The lowest BCUT2D eigenvalue weighted by atomic mass is 10.1. The number of benzene rings is 2. The zero-order chi connectivity index (χ0) is 22.5. The number of fused-ring (bicyclic) bond motifs is 1. The van der Waals surface area contributed by atoms with Crippen LogP contribution in [0.5, 0.6) is 5.75 Å². The predicted molar refractivity (Wildman–Crippen MR) is 128 cm³/mol. The number of nitrogens with zero attached hydrogens (tertiary/aromatic N) is 3. The van der Waals surface area contributed by atoms with E-state index in [1.165, 1.54) is 29.3 Å². The number of thioether (sulfide) groups is 1. The SMILES string of the molecule is C=CCn1c(COc2cccc(C)c2)nnc1SC(C)C(=O)Nc1ccc2c(c1)CCC2. The number of hydrogen-bond acceptors (Lipinski definition) is 5. The molecular formula is C25H28N4O2S. The van der Waals surface area contributed by atoms with Crippen molar-refractivity contribution in [1.29, 1.82) is 0 Å². The summed E-state index contributed by atoms with van der Waals surface area (Å²) in [5, 5.41) is 12.0. The maximum Gasteiger partial charge on any atom is 0.237 e. The van der Waals surface area contributed by atoms with Crippen LogP contribution in [0.4, 0.5) is 5.69 Å². The first-order valence-corrected chi connectivity index (χ1v) is 11.7. The monoisotopic (exact) mass is 448 g/mol. The van der Waals surface area contributed by atoms with E-state index in [-0.39, 0.29) is 11.2 Å². The number of allylic oxidation sites excluding steroid dienone is 1. The molecule has 3 aromatic rings. The molecule has 0 radical (unpaired) electrons. The Labute approximate surface area is 193 Å². The van der Waals surface area contributed by atoms with E-state index in [9.17, 15) is 4.79 Å². The lowest BCUT2D eigenvalue weighted by Gasteiger charge is -2.14. The molecule has 7 heteroatoms. The molecule has 32 heavy (non-hydrogen) atoms. The number of aryl methyl sites for hydroxylation is 3. The molecule has 0 saturated carbocycles. The van der Waals surface area contributed by atoms with Gasteiger partial charge in [0.1, 0.15) is 12.4 Å². The Kier molecular flexibility index (Phi) is 6.95. The van der Waals surface area contributed by atoms with Gasteiger partial charge in [-0.2, -0.15) is 0 Å². The van der Waals surface area contributed by atoms with E-state index in [2.05, 4.69) is 34.2 Å². The molecule has 1 atom stereocenters. The zero-order valence-corrected chi connectivity index (χ0v) is 19.3. The van der Waals surface area contributed by atoms with Gasteiger partial charge in [0.15, 0.2) is 11.0 Å². The van der Waals surface area contributed by atoms with E-state index in [4.69, 9.17) is 4.74 Å². The zero-order valence-electron chi connectivity index (χ0n) is 18.5. The third-order valence-corrected chi connectivity index (χ3v) is 6.56. The summed E-state index contributed by atoms with van der Waals surface area (Å²) < 4.78 is 7.83. The second kappa shape index (κ2) is 10.0. The van der Waals surface area contributed by atoms with Crippen LogP contribution in [0, 0.1) is 6.92 Å². The smallest absolute Gasteiger partial charge is 0.237 e.